The predicted octanol–water partition coefficient (Wildman–Crippen LogP) is 3.17. The number of rotatable bonds is 7. The molecule has 4 rings (SSSR count). The summed E-state index contributed by atoms with van der Waals surface area (Å²) >= 11 is 0. The number of nitrogens with one attached hydrogen (secondary N) is 1. The first-order valence-electron chi connectivity index (χ1n) is 11.9. The van der Waals surface area contributed by atoms with Gasteiger partial charge in [0.2, 0.25) is 5.91 Å². The fourth-order valence-electron chi connectivity index (χ4n) is 5.06. The molecule has 1 N–H and O–H groups in total. The molecule has 0 spiro atoms. The van der Waals surface area contributed by atoms with E-state index in [1.807, 2.05) is 0 Å². The third kappa shape index (κ3) is 6.16. The summed E-state index contributed by atoms with van der Waals surface area (Å²) in [6.45, 7) is 7.05. The lowest BCUT2D eigenvalue weighted by atomic mass is 9.92. The Morgan fingerprint density at radius 2 is 1.80 bits per heavy atom. The Bertz CT molecular complexity index is 671. The van der Waals surface area contributed by atoms with Crippen LogP contribution in [0.4, 0.5) is 0 Å². The molecule has 1 aromatic rings. The zero-order chi connectivity index (χ0) is 20.6. The van der Waals surface area contributed by atoms with Crippen LogP contribution in [0.3, 0.4) is 0 Å². The largest absolute Gasteiger partial charge is 0.376 e. The number of nitrogens with zero attached hydrogens (tertiary/aromatic N) is 2. The average molecular weight is 412 g/mol. The van der Waals surface area contributed by atoms with Crippen molar-refractivity contribution in [1.82, 2.24) is 15.1 Å². The molecule has 3 fully saturated rings. The first-order valence-corrected chi connectivity index (χ1v) is 11.9. The second-order valence-electron chi connectivity index (χ2n) is 9.04. The highest BCUT2D eigenvalue weighted by Crippen LogP contribution is 2.24. The molecule has 164 valence electrons. The van der Waals surface area contributed by atoms with Gasteiger partial charge < -0.3 is 15.0 Å². The smallest absolute Gasteiger partial charge is 0.223 e. The van der Waals surface area contributed by atoms with E-state index in [9.17, 15) is 4.79 Å². The lowest BCUT2D eigenvalue weighted by Crippen LogP contribution is -2.49. The minimum atomic E-state index is 0.186. The summed E-state index contributed by atoms with van der Waals surface area (Å²) in [4.78, 5) is 17.7. The van der Waals surface area contributed by atoms with Crippen molar-refractivity contribution >= 4 is 12.0 Å². The van der Waals surface area contributed by atoms with E-state index < -0.39 is 0 Å². The maximum atomic E-state index is 12.5. The Kier molecular flexibility index (Phi) is 7.95. The zero-order valence-corrected chi connectivity index (χ0v) is 18.2. The third-order valence-electron chi connectivity index (χ3n) is 6.98. The summed E-state index contributed by atoms with van der Waals surface area (Å²) in [6.07, 6.45) is 11.4. The van der Waals surface area contributed by atoms with Crippen molar-refractivity contribution < 1.29 is 9.53 Å². The number of hydrogen-bond acceptors (Lipinski definition) is 4. The Labute approximate surface area is 181 Å². The molecule has 1 unspecified atom stereocenters. The maximum Gasteiger partial charge on any atom is 0.223 e. The molecule has 3 saturated heterocycles. The van der Waals surface area contributed by atoms with Crippen molar-refractivity contribution in [3.63, 3.8) is 0 Å². The molecule has 0 saturated carbocycles. The second-order valence-corrected chi connectivity index (χ2v) is 9.04. The van der Waals surface area contributed by atoms with E-state index in [4.69, 9.17) is 4.74 Å². The second kappa shape index (κ2) is 11.1. The SMILES string of the molecule is O=C(NCC1CCCO1)C1CCN(C2CCN(CC=Cc3ccccc3)CC2)CC1. The normalized spacial score (nSPS) is 25.1. The van der Waals surface area contributed by atoms with Gasteiger partial charge in [-0.05, 0) is 70.3 Å². The predicted molar refractivity (Wildman–Crippen MR) is 121 cm³/mol. The number of amides is 1. The third-order valence-corrected chi connectivity index (χ3v) is 6.98. The van der Waals surface area contributed by atoms with Crippen molar-refractivity contribution in [3.05, 3.63) is 42.0 Å². The van der Waals surface area contributed by atoms with E-state index in [2.05, 4.69) is 57.6 Å². The van der Waals surface area contributed by atoms with E-state index in [-0.39, 0.29) is 17.9 Å². The van der Waals surface area contributed by atoms with E-state index >= 15 is 0 Å². The van der Waals surface area contributed by atoms with Gasteiger partial charge in [0.1, 0.15) is 0 Å². The molecule has 0 aliphatic carbocycles. The van der Waals surface area contributed by atoms with Crippen LogP contribution in [0.5, 0.6) is 0 Å². The highest BCUT2D eigenvalue weighted by Gasteiger charge is 2.30. The van der Waals surface area contributed by atoms with Crippen LogP contribution < -0.4 is 5.32 Å². The van der Waals surface area contributed by atoms with Crippen LogP contribution in [-0.4, -0.2) is 73.7 Å². The van der Waals surface area contributed by atoms with Crippen LogP contribution in [0.1, 0.15) is 44.1 Å². The average Bonchev–Trinajstić information content (AvgIpc) is 3.33. The Morgan fingerprint density at radius 1 is 1.03 bits per heavy atom. The summed E-state index contributed by atoms with van der Waals surface area (Å²) in [6, 6.07) is 11.2. The number of likely N-dealkylation sites (tertiary alicyclic amines) is 2. The molecule has 1 amide bonds. The van der Waals surface area contributed by atoms with Gasteiger partial charge in [-0.1, -0.05) is 42.5 Å². The van der Waals surface area contributed by atoms with E-state index in [0.717, 1.165) is 51.9 Å². The lowest BCUT2D eigenvalue weighted by Gasteiger charge is -2.41. The standard InChI is InChI=1S/C25H37N3O2/c29-25(26-20-24-9-5-19-30-24)22-10-17-28(18-11-22)23-12-15-27(16-13-23)14-4-8-21-6-2-1-3-7-21/h1-4,6-8,22-24H,5,9-20H2,(H,26,29). The lowest BCUT2D eigenvalue weighted by molar-refractivity contribution is -0.127. The van der Waals surface area contributed by atoms with E-state index in [0.29, 0.717) is 12.6 Å². The number of ether oxygens (including phenoxy) is 1. The first kappa shape index (κ1) is 21.5. The molecule has 0 radical (unpaired) electrons. The Morgan fingerprint density at radius 3 is 2.50 bits per heavy atom. The molecule has 1 atom stereocenters. The van der Waals surface area contributed by atoms with Crippen molar-refractivity contribution in [2.45, 2.75) is 50.7 Å². The van der Waals surface area contributed by atoms with E-state index in [1.165, 1.54) is 31.5 Å². The van der Waals surface area contributed by atoms with Crippen LogP contribution in [0, 0.1) is 5.92 Å². The van der Waals surface area contributed by atoms with Crippen molar-refractivity contribution in [2.24, 2.45) is 5.92 Å². The van der Waals surface area contributed by atoms with Gasteiger partial charge in [0.15, 0.2) is 0 Å². The number of piperidine rings is 2. The Hall–Kier alpha value is -1.69. The fourth-order valence-corrected chi connectivity index (χ4v) is 5.06. The molecule has 30 heavy (non-hydrogen) atoms. The maximum absolute atomic E-state index is 12.5. The van der Waals surface area contributed by atoms with Crippen LogP contribution in [0.2, 0.25) is 0 Å². The Balaban J connectivity index is 1.12. The minimum Gasteiger partial charge on any atom is -0.376 e. The number of hydrogen-bond donors (Lipinski definition) is 1. The van der Waals surface area contributed by atoms with Crippen LogP contribution in [0.25, 0.3) is 6.08 Å². The van der Waals surface area contributed by atoms with Gasteiger partial charge in [-0.2, -0.15) is 0 Å². The number of carbonyl (C=O) groups is 1. The summed E-state index contributed by atoms with van der Waals surface area (Å²) in [5.41, 5.74) is 1.27. The van der Waals surface area contributed by atoms with E-state index in [1.54, 1.807) is 0 Å². The molecule has 3 heterocycles. The van der Waals surface area contributed by atoms with Crippen molar-refractivity contribution in [1.29, 1.82) is 0 Å². The van der Waals surface area contributed by atoms with Gasteiger partial charge in [0, 0.05) is 31.7 Å². The number of carbonyl (C=O) groups excluding carboxylic acids is 1. The minimum absolute atomic E-state index is 0.186. The molecule has 0 bridgehead atoms. The molecule has 0 aromatic heterocycles. The number of benzene rings is 1. The summed E-state index contributed by atoms with van der Waals surface area (Å²) in [5, 5.41) is 3.13. The zero-order valence-electron chi connectivity index (χ0n) is 18.2. The fraction of sp³-hybridized carbons (Fsp3) is 0.640. The molecule has 5 nitrogen and oxygen atoms in total. The summed E-state index contributed by atoms with van der Waals surface area (Å²) in [5.74, 6) is 0.427. The molecular formula is C25H37N3O2. The molecule has 3 aliphatic rings. The molecule has 5 heteroatoms. The van der Waals surface area contributed by atoms with Crippen LogP contribution in [0.15, 0.2) is 36.4 Å². The van der Waals surface area contributed by atoms with Gasteiger partial charge in [-0.15, -0.1) is 0 Å². The molecular weight excluding hydrogens is 374 g/mol. The highest BCUT2D eigenvalue weighted by molar-refractivity contribution is 5.78. The van der Waals surface area contributed by atoms with Crippen molar-refractivity contribution in [3.8, 4) is 0 Å². The molecule has 3 aliphatic heterocycles. The van der Waals surface area contributed by atoms with Crippen LogP contribution >= 0.6 is 0 Å². The van der Waals surface area contributed by atoms with Gasteiger partial charge in [-0.25, -0.2) is 0 Å². The van der Waals surface area contributed by atoms with Gasteiger partial charge in [0.25, 0.3) is 0 Å². The van der Waals surface area contributed by atoms with Crippen molar-refractivity contribution in [2.75, 3.05) is 45.9 Å². The highest BCUT2D eigenvalue weighted by atomic mass is 16.5. The van der Waals surface area contributed by atoms with Gasteiger partial charge in [-0.3, -0.25) is 9.69 Å². The topological polar surface area (TPSA) is 44.8 Å². The quantitative estimate of drug-likeness (QED) is 0.749. The van der Waals surface area contributed by atoms with Crippen LogP contribution in [-0.2, 0) is 9.53 Å². The monoisotopic (exact) mass is 411 g/mol. The molecule has 1 aromatic carbocycles. The summed E-state index contributed by atoms with van der Waals surface area (Å²) in [7, 11) is 0. The van der Waals surface area contributed by atoms with Gasteiger partial charge in [0.05, 0.1) is 6.10 Å². The first-order chi connectivity index (χ1) is 14.8. The van der Waals surface area contributed by atoms with Gasteiger partial charge >= 0.3 is 0 Å². The summed E-state index contributed by atoms with van der Waals surface area (Å²) < 4.78 is 5.61.